The fourth-order valence-corrected chi connectivity index (χ4v) is 2.25. The topological polar surface area (TPSA) is 27.1 Å². The summed E-state index contributed by atoms with van der Waals surface area (Å²) in [5.41, 5.74) is 3.38. The molecule has 2 rings (SSSR count). The summed E-state index contributed by atoms with van der Waals surface area (Å²) in [6.45, 7) is 4.91. The van der Waals surface area contributed by atoms with E-state index in [1.54, 1.807) is 7.11 Å². The molecule has 0 fully saturated rings. The lowest BCUT2D eigenvalue weighted by Gasteiger charge is -2.14. The molecule has 1 atom stereocenters. The second-order valence-corrected chi connectivity index (χ2v) is 4.53. The Morgan fingerprint density at radius 1 is 1.47 bits per heavy atom. The van der Waals surface area contributed by atoms with Crippen LogP contribution in [-0.2, 0) is 17.2 Å². The quantitative estimate of drug-likeness (QED) is 0.782. The van der Waals surface area contributed by atoms with Crippen LogP contribution < -0.4 is 0 Å². The van der Waals surface area contributed by atoms with Crippen LogP contribution >= 0.6 is 11.6 Å². The molecular formula is C13H17ClN2O. The molecule has 0 spiro atoms. The number of methoxy groups -OCH3 is 1. The van der Waals surface area contributed by atoms with Crippen molar-refractivity contribution >= 4 is 22.6 Å². The molecule has 0 aliphatic carbocycles. The Morgan fingerprint density at radius 3 is 2.88 bits per heavy atom. The minimum atomic E-state index is 0.147. The lowest BCUT2D eigenvalue weighted by molar-refractivity contribution is 0.103. The average Bonchev–Trinajstić information content (AvgIpc) is 2.68. The number of benzene rings is 1. The highest BCUT2D eigenvalue weighted by Crippen LogP contribution is 2.21. The van der Waals surface area contributed by atoms with Crippen LogP contribution in [0.25, 0.3) is 11.0 Å². The Morgan fingerprint density at radius 2 is 2.24 bits per heavy atom. The molecule has 1 unspecified atom stereocenters. The van der Waals surface area contributed by atoms with Crippen molar-refractivity contribution in [1.29, 1.82) is 0 Å². The van der Waals surface area contributed by atoms with Crippen molar-refractivity contribution in [3.63, 3.8) is 0 Å². The monoisotopic (exact) mass is 252 g/mol. The fraction of sp³-hybridized carbons (Fsp3) is 0.462. The highest BCUT2D eigenvalue weighted by atomic mass is 35.5. The predicted octanol–water partition coefficient (Wildman–Crippen LogP) is 3.12. The first-order chi connectivity index (χ1) is 8.17. The molecule has 17 heavy (non-hydrogen) atoms. The van der Waals surface area contributed by atoms with Crippen molar-refractivity contribution in [1.82, 2.24) is 9.55 Å². The minimum Gasteiger partial charge on any atom is -0.380 e. The molecule has 1 aromatic carbocycles. The number of para-hydroxylation sites is 1. The van der Waals surface area contributed by atoms with E-state index in [-0.39, 0.29) is 6.10 Å². The van der Waals surface area contributed by atoms with Gasteiger partial charge in [-0.25, -0.2) is 4.98 Å². The van der Waals surface area contributed by atoms with Gasteiger partial charge in [-0.2, -0.15) is 0 Å². The van der Waals surface area contributed by atoms with Gasteiger partial charge in [-0.15, -0.1) is 11.6 Å². The Balaban J connectivity index is 2.57. The van der Waals surface area contributed by atoms with E-state index >= 15 is 0 Å². The maximum absolute atomic E-state index is 5.96. The van der Waals surface area contributed by atoms with Gasteiger partial charge in [0.05, 0.1) is 29.6 Å². The van der Waals surface area contributed by atoms with Crippen LogP contribution in [0.15, 0.2) is 18.2 Å². The molecule has 3 nitrogen and oxygen atoms in total. The van der Waals surface area contributed by atoms with Crippen LogP contribution in [0.1, 0.15) is 18.3 Å². The van der Waals surface area contributed by atoms with Gasteiger partial charge in [0.2, 0.25) is 0 Å². The highest BCUT2D eigenvalue weighted by Gasteiger charge is 2.13. The minimum absolute atomic E-state index is 0.147. The second kappa shape index (κ2) is 5.07. The average molecular weight is 253 g/mol. The van der Waals surface area contributed by atoms with Gasteiger partial charge in [0.1, 0.15) is 5.82 Å². The molecule has 2 aromatic rings. The standard InChI is InChI=1S/C13H17ClN2O/c1-9-5-4-6-11-13(9)16(8-10(2)17-3)12(7-14)15-11/h4-6,10H,7-8H2,1-3H3. The van der Waals surface area contributed by atoms with Gasteiger partial charge in [-0.3, -0.25) is 0 Å². The number of aryl methyl sites for hydroxylation is 1. The zero-order chi connectivity index (χ0) is 12.4. The van der Waals surface area contributed by atoms with Crippen LogP contribution in [0.3, 0.4) is 0 Å². The zero-order valence-electron chi connectivity index (χ0n) is 10.4. The molecule has 0 N–H and O–H groups in total. The predicted molar refractivity (Wildman–Crippen MR) is 70.5 cm³/mol. The van der Waals surface area contributed by atoms with Gasteiger partial charge in [-0.1, -0.05) is 12.1 Å². The van der Waals surface area contributed by atoms with E-state index in [2.05, 4.69) is 22.5 Å². The van der Waals surface area contributed by atoms with E-state index in [4.69, 9.17) is 16.3 Å². The molecule has 0 aliphatic heterocycles. The summed E-state index contributed by atoms with van der Waals surface area (Å²) < 4.78 is 7.48. The number of alkyl halides is 1. The molecule has 0 saturated carbocycles. The number of rotatable bonds is 4. The SMILES string of the molecule is COC(C)Cn1c(CCl)nc2cccc(C)c21. The molecule has 1 aromatic heterocycles. The van der Waals surface area contributed by atoms with Gasteiger partial charge in [0, 0.05) is 7.11 Å². The number of hydrogen-bond donors (Lipinski definition) is 0. The first-order valence-corrected chi connectivity index (χ1v) is 6.24. The third-order valence-corrected chi connectivity index (χ3v) is 3.25. The van der Waals surface area contributed by atoms with Gasteiger partial charge in [0.15, 0.2) is 0 Å². The lowest BCUT2D eigenvalue weighted by Crippen LogP contribution is -2.16. The van der Waals surface area contributed by atoms with Crippen molar-refractivity contribution in [3.05, 3.63) is 29.6 Å². The van der Waals surface area contributed by atoms with E-state index in [0.717, 1.165) is 23.4 Å². The fourth-order valence-electron chi connectivity index (χ4n) is 2.04. The third kappa shape index (κ3) is 2.31. The normalized spacial score (nSPS) is 13.2. The Hall–Kier alpha value is -1.06. The number of ether oxygens (including phenoxy) is 1. The molecule has 0 saturated heterocycles. The second-order valence-electron chi connectivity index (χ2n) is 4.26. The Labute approximate surface area is 106 Å². The molecule has 4 heteroatoms. The third-order valence-electron chi connectivity index (χ3n) is 3.01. The molecule has 0 aliphatic rings. The van der Waals surface area contributed by atoms with Crippen molar-refractivity contribution in [2.75, 3.05) is 7.11 Å². The van der Waals surface area contributed by atoms with Gasteiger partial charge in [-0.05, 0) is 25.5 Å². The Bertz CT molecular complexity index is 521. The molecular weight excluding hydrogens is 236 g/mol. The summed E-state index contributed by atoms with van der Waals surface area (Å²) in [6.07, 6.45) is 0.147. The zero-order valence-corrected chi connectivity index (χ0v) is 11.2. The van der Waals surface area contributed by atoms with Gasteiger partial charge < -0.3 is 9.30 Å². The number of hydrogen-bond acceptors (Lipinski definition) is 2. The molecule has 92 valence electrons. The van der Waals surface area contributed by atoms with Crippen LogP contribution in [0.5, 0.6) is 0 Å². The first kappa shape index (κ1) is 12.4. The van der Waals surface area contributed by atoms with Gasteiger partial charge >= 0.3 is 0 Å². The number of halogens is 1. The van der Waals surface area contributed by atoms with E-state index in [1.807, 2.05) is 19.1 Å². The number of fused-ring (bicyclic) bond motifs is 1. The maximum Gasteiger partial charge on any atom is 0.124 e. The van der Waals surface area contributed by atoms with Crippen molar-refractivity contribution < 1.29 is 4.74 Å². The molecule has 1 heterocycles. The van der Waals surface area contributed by atoms with E-state index in [0.29, 0.717) is 5.88 Å². The summed E-state index contributed by atoms with van der Waals surface area (Å²) in [5, 5.41) is 0. The largest absolute Gasteiger partial charge is 0.380 e. The summed E-state index contributed by atoms with van der Waals surface area (Å²) in [7, 11) is 1.72. The van der Waals surface area contributed by atoms with E-state index in [9.17, 15) is 0 Å². The van der Waals surface area contributed by atoms with Crippen molar-refractivity contribution in [3.8, 4) is 0 Å². The summed E-state index contributed by atoms with van der Waals surface area (Å²) in [5.74, 6) is 1.32. The first-order valence-electron chi connectivity index (χ1n) is 5.71. The van der Waals surface area contributed by atoms with Crippen LogP contribution in [0, 0.1) is 6.92 Å². The maximum atomic E-state index is 5.96. The van der Waals surface area contributed by atoms with E-state index in [1.165, 1.54) is 5.56 Å². The Kier molecular flexibility index (Phi) is 3.69. The number of aromatic nitrogens is 2. The summed E-state index contributed by atoms with van der Waals surface area (Å²) in [4.78, 5) is 4.55. The summed E-state index contributed by atoms with van der Waals surface area (Å²) >= 11 is 5.96. The van der Waals surface area contributed by atoms with Crippen molar-refractivity contribution in [2.24, 2.45) is 0 Å². The molecule has 0 amide bonds. The van der Waals surface area contributed by atoms with Crippen LogP contribution in [-0.4, -0.2) is 22.8 Å². The van der Waals surface area contributed by atoms with Gasteiger partial charge in [0.25, 0.3) is 0 Å². The van der Waals surface area contributed by atoms with Crippen LogP contribution in [0.4, 0.5) is 0 Å². The number of imidazole rings is 1. The lowest BCUT2D eigenvalue weighted by atomic mass is 10.2. The molecule has 0 bridgehead atoms. The smallest absolute Gasteiger partial charge is 0.124 e. The van der Waals surface area contributed by atoms with Crippen molar-refractivity contribution in [2.45, 2.75) is 32.4 Å². The summed E-state index contributed by atoms with van der Waals surface area (Å²) in [6, 6.07) is 6.13. The molecule has 0 radical (unpaired) electrons. The van der Waals surface area contributed by atoms with Crippen LogP contribution in [0.2, 0.25) is 0 Å². The number of nitrogens with zero attached hydrogens (tertiary/aromatic N) is 2. The highest BCUT2D eigenvalue weighted by molar-refractivity contribution is 6.16. The van der Waals surface area contributed by atoms with E-state index < -0.39 is 0 Å².